The average Bonchev–Trinajstić information content (AvgIpc) is 3.50. The Morgan fingerprint density at radius 1 is 1.03 bits per heavy atom. The SMILES string of the molecule is O=C(COC(=O)CCc1cnn(-c2ccccc2)c1)Nc1ccccc1C(=O)NC1CC1. The summed E-state index contributed by atoms with van der Waals surface area (Å²) >= 11 is 0. The largest absolute Gasteiger partial charge is 0.456 e. The van der Waals surface area contributed by atoms with Crippen LogP contribution in [0.15, 0.2) is 67.0 Å². The Balaban J connectivity index is 1.23. The van der Waals surface area contributed by atoms with Crippen LogP contribution in [0.4, 0.5) is 5.69 Å². The molecule has 0 aliphatic heterocycles. The molecule has 8 nitrogen and oxygen atoms in total. The Labute approximate surface area is 185 Å². The molecule has 1 aliphatic carbocycles. The molecule has 1 fully saturated rings. The number of amides is 2. The summed E-state index contributed by atoms with van der Waals surface area (Å²) in [6.45, 7) is -0.416. The van der Waals surface area contributed by atoms with Crippen molar-refractivity contribution in [2.45, 2.75) is 31.7 Å². The Morgan fingerprint density at radius 3 is 2.56 bits per heavy atom. The summed E-state index contributed by atoms with van der Waals surface area (Å²) in [5.41, 5.74) is 2.60. The summed E-state index contributed by atoms with van der Waals surface area (Å²) in [5.74, 6) is -1.20. The van der Waals surface area contributed by atoms with Gasteiger partial charge in [-0.1, -0.05) is 30.3 Å². The highest BCUT2D eigenvalue weighted by atomic mass is 16.5. The van der Waals surface area contributed by atoms with Crippen molar-refractivity contribution in [3.8, 4) is 5.69 Å². The first-order valence-electron chi connectivity index (χ1n) is 10.5. The van der Waals surface area contributed by atoms with Crippen molar-refractivity contribution < 1.29 is 19.1 Å². The first-order valence-corrected chi connectivity index (χ1v) is 10.5. The molecule has 0 radical (unpaired) electrons. The molecule has 0 saturated heterocycles. The second-order valence-corrected chi connectivity index (χ2v) is 7.63. The number of hydrogen-bond acceptors (Lipinski definition) is 5. The summed E-state index contributed by atoms with van der Waals surface area (Å²) in [6, 6.07) is 16.6. The maximum atomic E-state index is 12.3. The van der Waals surface area contributed by atoms with E-state index < -0.39 is 18.5 Å². The van der Waals surface area contributed by atoms with E-state index in [1.807, 2.05) is 36.5 Å². The van der Waals surface area contributed by atoms with E-state index in [2.05, 4.69) is 15.7 Å². The first-order chi connectivity index (χ1) is 15.6. The number of hydrogen-bond donors (Lipinski definition) is 2. The van der Waals surface area contributed by atoms with Crippen LogP contribution in [0.2, 0.25) is 0 Å². The van der Waals surface area contributed by atoms with Crippen LogP contribution in [0.1, 0.15) is 35.2 Å². The number of aryl methyl sites for hydroxylation is 1. The first kappa shape index (κ1) is 21.3. The minimum absolute atomic E-state index is 0.133. The highest BCUT2D eigenvalue weighted by Gasteiger charge is 2.25. The highest BCUT2D eigenvalue weighted by Crippen LogP contribution is 2.21. The second kappa shape index (κ2) is 9.91. The summed E-state index contributed by atoms with van der Waals surface area (Å²) in [5, 5.41) is 9.84. The smallest absolute Gasteiger partial charge is 0.306 e. The van der Waals surface area contributed by atoms with Crippen LogP contribution < -0.4 is 10.6 Å². The molecule has 0 spiro atoms. The van der Waals surface area contributed by atoms with E-state index >= 15 is 0 Å². The Morgan fingerprint density at radius 2 is 1.78 bits per heavy atom. The van der Waals surface area contributed by atoms with E-state index in [-0.39, 0.29) is 18.4 Å². The van der Waals surface area contributed by atoms with Crippen LogP contribution in [0.5, 0.6) is 0 Å². The number of esters is 1. The maximum absolute atomic E-state index is 12.3. The zero-order valence-electron chi connectivity index (χ0n) is 17.5. The number of aromatic nitrogens is 2. The van der Waals surface area contributed by atoms with Gasteiger partial charge in [-0.2, -0.15) is 5.10 Å². The molecule has 0 unspecified atom stereocenters. The van der Waals surface area contributed by atoms with Crippen LogP contribution >= 0.6 is 0 Å². The van der Waals surface area contributed by atoms with Crippen molar-refractivity contribution in [1.82, 2.24) is 15.1 Å². The van der Waals surface area contributed by atoms with Crippen LogP contribution in [-0.4, -0.2) is 40.2 Å². The lowest BCUT2D eigenvalue weighted by Gasteiger charge is -2.11. The van der Waals surface area contributed by atoms with Crippen molar-refractivity contribution >= 4 is 23.5 Å². The number of nitrogens with one attached hydrogen (secondary N) is 2. The van der Waals surface area contributed by atoms with Crippen molar-refractivity contribution in [2.24, 2.45) is 0 Å². The predicted molar refractivity (Wildman–Crippen MR) is 118 cm³/mol. The van der Waals surface area contributed by atoms with Gasteiger partial charge in [-0.25, -0.2) is 4.68 Å². The minimum atomic E-state index is -0.498. The molecule has 0 bridgehead atoms. The lowest BCUT2D eigenvalue weighted by molar-refractivity contribution is -0.147. The number of ether oxygens (including phenoxy) is 1. The quantitative estimate of drug-likeness (QED) is 0.506. The van der Waals surface area contributed by atoms with E-state index in [1.54, 1.807) is 35.1 Å². The van der Waals surface area contributed by atoms with Gasteiger partial charge in [-0.3, -0.25) is 14.4 Å². The zero-order chi connectivity index (χ0) is 22.3. The molecule has 1 saturated carbocycles. The van der Waals surface area contributed by atoms with Gasteiger partial charge in [-0.15, -0.1) is 0 Å². The van der Waals surface area contributed by atoms with Gasteiger partial charge in [0.25, 0.3) is 11.8 Å². The Hall–Kier alpha value is -3.94. The molecule has 2 aromatic carbocycles. The van der Waals surface area contributed by atoms with Gasteiger partial charge < -0.3 is 15.4 Å². The zero-order valence-corrected chi connectivity index (χ0v) is 17.5. The standard InChI is InChI=1S/C24H24N4O4/c29-22(27-21-9-5-4-8-20(21)24(31)26-18-11-12-18)16-32-23(30)13-10-17-14-25-28(15-17)19-6-2-1-3-7-19/h1-9,14-15,18H,10-13,16H2,(H,26,31)(H,27,29). The Bertz CT molecular complexity index is 1110. The minimum Gasteiger partial charge on any atom is -0.456 e. The molecule has 4 rings (SSSR count). The summed E-state index contributed by atoms with van der Waals surface area (Å²) < 4.78 is 6.83. The molecular weight excluding hydrogens is 408 g/mol. The fourth-order valence-electron chi connectivity index (χ4n) is 3.14. The average molecular weight is 432 g/mol. The number of carbonyl (C=O) groups excluding carboxylic acids is 3. The van der Waals surface area contributed by atoms with Gasteiger partial charge in [-0.05, 0) is 49.1 Å². The van der Waals surface area contributed by atoms with E-state index in [9.17, 15) is 14.4 Å². The van der Waals surface area contributed by atoms with E-state index in [1.165, 1.54) is 0 Å². The number of rotatable bonds is 9. The monoisotopic (exact) mass is 432 g/mol. The molecule has 8 heteroatoms. The number of nitrogens with zero attached hydrogens (tertiary/aromatic N) is 2. The second-order valence-electron chi connectivity index (χ2n) is 7.63. The van der Waals surface area contributed by atoms with E-state index in [0.29, 0.717) is 17.7 Å². The summed E-state index contributed by atoms with van der Waals surface area (Å²) in [7, 11) is 0. The number of anilines is 1. The lowest BCUT2D eigenvalue weighted by atomic mass is 10.1. The van der Waals surface area contributed by atoms with Crippen LogP contribution in [0.25, 0.3) is 5.69 Å². The molecule has 164 valence electrons. The summed E-state index contributed by atoms with van der Waals surface area (Å²) in [6.07, 6.45) is 6.10. The highest BCUT2D eigenvalue weighted by molar-refractivity contribution is 6.04. The van der Waals surface area contributed by atoms with Gasteiger partial charge in [0, 0.05) is 18.7 Å². The van der Waals surface area contributed by atoms with E-state index in [4.69, 9.17) is 4.74 Å². The number of benzene rings is 2. The van der Waals surface area contributed by atoms with Crippen LogP contribution in [0, 0.1) is 0 Å². The number of carbonyl (C=O) groups is 3. The third-order valence-electron chi connectivity index (χ3n) is 5.00. The van der Waals surface area contributed by atoms with Gasteiger partial charge >= 0.3 is 5.97 Å². The van der Waals surface area contributed by atoms with Crippen molar-refractivity contribution in [2.75, 3.05) is 11.9 Å². The molecule has 1 heterocycles. The fourth-order valence-corrected chi connectivity index (χ4v) is 3.14. The molecule has 2 amide bonds. The third-order valence-corrected chi connectivity index (χ3v) is 5.00. The van der Waals surface area contributed by atoms with Crippen molar-refractivity contribution in [1.29, 1.82) is 0 Å². The molecule has 0 atom stereocenters. The normalized spacial score (nSPS) is 12.8. The van der Waals surface area contributed by atoms with Gasteiger partial charge in [0.15, 0.2) is 6.61 Å². The molecule has 1 aromatic heterocycles. The van der Waals surface area contributed by atoms with Crippen molar-refractivity contribution in [3.63, 3.8) is 0 Å². The summed E-state index contributed by atoms with van der Waals surface area (Å²) in [4.78, 5) is 36.6. The van der Waals surface area contributed by atoms with Gasteiger partial charge in [0.1, 0.15) is 0 Å². The lowest BCUT2D eigenvalue weighted by Crippen LogP contribution is -2.28. The predicted octanol–water partition coefficient (Wildman–Crippen LogP) is 2.88. The molecule has 2 N–H and O–H groups in total. The third kappa shape index (κ3) is 5.81. The molecule has 32 heavy (non-hydrogen) atoms. The van der Waals surface area contributed by atoms with Gasteiger partial charge in [0.2, 0.25) is 0 Å². The number of para-hydroxylation sites is 2. The van der Waals surface area contributed by atoms with Crippen molar-refractivity contribution in [3.05, 3.63) is 78.1 Å². The molecular formula is C24H24N4O4. The molecule has 1 aliphatic rings. The van der Waals surface area contributed by atoms with Crippen LogP contribution in [-0.2, 0) is 20.7 Å². The molecule has 3 aromatic rings. The maximum Gasteiger partial charge on any atom is 0.306 e. The van der Waals surface area contributed by atoms with E-state index in [0.717, 1.165) is 24.1 Å². The topological polar surface area (TPSA) is 102 Å². The Kier molecular flexibility index (Phi) is 6.60. The van der Waals surface area contributed by atoms with Gasteiger partial charge in [0.05, 0.1) is 23.1 Å². The van der Waals surface area contributed by atoms with Crippen LogP contribution in [0.3, 0.4) is 0 Å². The fraction of sp³-hybridized carbons (Fsp3) is 0.250.